The summed E-state index contributed by atoms with van der Waals surface area (Å²) in [4.78, 5) is 26.0. The standard InChI is InChI=1S/C23H28F3N5O/c24-23(25,26)20-7-3-2-6-18(20)14-27-21(32)17-8-12-30(13-9-17)19-15-28-22(29-16-19)31-10-4-1-5-11-31/h2-3,6-7,15-17H,1,4-5,8-14H2,(H,27,32). The number of carbonyl (C=O) groups excluding carboxylic acids is 1. The van der Waals surface area contributed by atoms with E-state index in [0.29, 0.717) is 25.9 Å². The Labute approximate surface area is 185 Å². The number of halogens is 3. The molecule has 9 heteroatoms. The Kier molecular flexibility index (Phi) is 6.81. The molecule has 1 aromatic heterocycles. The zero-order chi connectivity index (χ0) is 22.6. The van der Waals surface area contributed by atoms with Crippen LogP contribution in [0.25, 0.3) is 0 Å². The molecule has 0 atom stereocenters. The minimum Gasteiger partial charge on any atom is -0.369 e. The Bertz CT molecular complexity index is 905. The molecule has 2 aliphatic rings. The fraction of sp³-hybridized carbons (Fsp3) is 0.522. The highest BCUT2D eigenvalue weighted by Gasteiger charge is 2.33. The van der Waals surface area contributed by atoms with Gasteiger partial charge in [-0.15, -0.1) is 0 Å². The van der Waals surface area contributed by atoms with E-state index >= 15 is 0 Å². The molecule has 0 aliphatic carbocycles. The van der Waals surface area contributed by atoms with Gasteiger partial charge in [0.25, 0.3) is 0 Å². The lowest BCUT2D eigenvalue weighted by atomic mass is 9.95. The molecule has 3 heterocycles. The van der Waals surface area contributed by atoms with Crippen LogP contribution in [0.1, 0.15) is 43.2 Å². The van der Waals surface area contributed by atoms with E-state index in [-0.39, 0.29) is 23.9 Å². The fourth-order valence-corrected chi connectivity index (χ4v) is 4.41. The summed E-state index contributed by atoms with van der Waals surface area (Å²) in [5, 5.41) is 2.69. The lowest BCUT2D eigenvalue weighted by Crippen LogP contribution is -2.40. The topological polar surface area (TPSA) is 61.4 Å². The highest BCUT2D eigenvalue weighted by Crippen LogP contribution is 2.32. The number of hydrogen-bond donors (Lipinski definition) is 1. The van der Waals surface area contributed by atoms with E-state index in [4.69, 9.17) is 0 Å². The molecule has 2 saturated heterocycles. The quantitative estimate of drug-likeness (QED) is 0.750. The van der Waals surface area contributed by atoms with Crippen molar-refractivity contribution in [2.75, 3.05) is 36.0 Å². The van der Waals surface area contributed by atoms with Crippen LogP contribution in [0, 0.1) is 5.92 Å². The number of anilines is 2. The summed E-state index contributed by atoms with van der Waals surface area (Å²) in [6, 6.07) is 5.35. The van der Waals surface area contributed by atoms with Crippen LogP contribution in [0.4, 0.5) is 24.8 Å². The van der Waals surface area contributed by atoms with Gasteiger partial charge in [-0.1, -0.05) is 18.2 Å². The summed E-state index contributed by atoms with van der Waals surface area (Å²) < 4.78 is 39.4. The Morgan fingerprint density at radius 1 is 0.969 bits per heavy atom. The van der Waals surface area contributed by atoms with Crippen molar-refractivity contribution < 1.29 is 18.0 Å². The van der Waals surface area contributed by atoms with E-state index in [1.54, 1.807) is 6.07 Å². The number of amides is 1. The van der Waals surface area contributed by atoms with Crippen LogP contribution < -0.4 is 15.1 Å². The summed E-state index contributed by atoms with van der Waals surface area (Å²) in [5.74, 6) is 0.359. The smallest absolute Gasteiger partial charge is 0.369 e. The van der Waals surface area contributed by atoms with Crippen molar-refractivity contribution in [3.8, 4) is 0 Å². The minimum absolute atomic E-state index is 0.0803. The molecule has 0 unspecified atom stereocenters. The van der Waals surface area contributed by atoms with Crippen molar-refractivity contribution in [2.24, 2.45) is 5.92 Å². The maximum atomic E-state index is 13.1. The zero-order valence-electron chi connectivity index (χ0n) is 17.9. The van der Waals surface area contributed by atoms with Crippen LogP contribution in [-0.2, 0) is 17.5 Å². The van der Waals surface area contributed by atoms with E-state index in [9.17, 15) is 18.0 Å². The Morgan fingerprint density at radius 2 is 1.62 bits per heavy atom. The maximum absolute atomic E-state index is 13.1. The SMILES string of the molecule is O=C(NCc1ccccc1C(F)(F)F)C1CCN(c2cnc(N3CCCCC3)nc2)CC1. The van der Waals surface area contributed by atoms with Gasteiger partial charge >= 0.3 is 6.18 Å². The van der Waals surface area contributed by atoms with E-state index < -0.39 is 11.7 Å². The summed E-state index contributed by atoms with van der Waals surface area (Å²) in [6.45, 7) is 3.23. The normalized spacial score (nSPS) is 18.0. The van der Waals surface area contributed by atoms with E-state index in [1.807, 2.05) is 12.4 Å². The number of hydrogen-bond acceptors (Lipinski definition) is 5. The lowest BCUT2D eigenvalue weighted by Gasteiger charge is -2.33. The predicted molar refractivity (Wildman–Crippen MR) is 116 cm³/mol. The van der Waals surface area contributed by atoms with Gasteiger partial charge in [0, 0.05) is 38.6 Å². The Hall–Kier alpha value is -2.84. The first-order valence-electron chi connectivity index (χ1n) is 11.2. The molecule has 2 fully saturated rings. The first-order valence-corrected chi connectivity index (χ1v) is 11.2. The lowest BCUT2D eigenvalue weighted by molar-refractivity contribution is -0.138. The fourth-order valence-electron chi connectivity index (χ4n) is 4.41. The number of rotatable bonds is 5. The molecule has 4 rings (SSSR count). The van der Waals surface area contributed by atoms with Crippen LogP contribution >= 0.6 is 0 Å². The van der Waals surface area contributed by atoms with Crippen LogP contribution in [0.3, 0.4) is 0 Å². The number of alkyl halides is 3. The molecule has 172 valence electrons. The van der Waals surface area contributed by atoms with Gasteiger partial charge in [0.2, 0.25) is 11.9 Å². The van der Waals surface area contributed by atoms with Gasteiger partial charge in [0.15, 0.2) is 0 Å². The minimum atomic E-state index is -4.43. The van der Waals surface area contributed by atoms with E-state index in [1.165, 1.54) is 31.4 Å². The van der Waals surface area contributed by atoms with Crippen molar-refractivity contribution in [1.82, 2.24) is 15.3 Å². The van der Waals surface area contributed by atoms with Gasteiger partial charge in [0.05, 0.1) is 23.6 Å². The largest absolute Gasteiger partial charge is 0.416 e. The first-order chi connectivity index (χ1) is 15.4. The Morgan fingerprint density at radius 3 is 2.28 bits per heavy atom. The molecule has 1 amide bonds. The number of nitrogens with zero attached hydrogens (tertiary/aromatic N) is 4. The molecular weight excluding hydrogens is 419 g/mol. The van der Waals surface area contributed by atoms with Crippen LogP contribution in [0.5, 0.6) is 0 Å². The third kappa shape index (κ3) is 5.31. The number of aromatic nitrogens is 2. The molecule has 2 aromatic rings. The first kappa shape index (κ1) is 22.4. The third-order valence-corrected chi connectivity index (χ3v) is 6.27. The average molecular weight is 448 g/mol. The molecule has 1 aromatic carbocycles. The molecule has 0 saturated carbocycles. The van der Waals surface area contributed by atoms with Gasteiger partial charge in [-0.05, 0) is 43.7 Å². The number of carbonyl (C=O) groups is 1. The maximum Gasteiger partial charge on any atom is 0.416 e. The molecule has 6 nitrogen and oxygen atoms in total. The van der Waals surface area contributed by atoms with Crippen molar-refractivity contribution >= 4 is 17.5 Å². The number of piperidine rings is 2. The molecule has 0 radical (unpaired) electrons. The molecule has 0 bridgehead atoms. The second-order valence-corrected chi connectivity index (χ2v) is 8.42. The van der Waals surface area contributed by atoms with Gasteiger partial charge in [-0.25, -0.2) is 9.97 Å². The summed E-state index contributed by atoms with van der Waals surface area (Å²) >= 11 is 0. The summed E-state index contributed by atoms with van der Waals surface area (Å²) in [7, 11) is 0. The van der Waals surface area contributed by atoms with Gasteiger partial charge in [-0.3, -0.25) is 4.79 Å². The molecule has 32 heavy (non-hydrogen) atoms. The van der Waals surface area contributed by atoms with Crippen molar-refractivity contribution in [3.05, 3.63) is 47.8 Å². The third-order valence-electron chi connectivity index (χ3n) is 6.27. The predicted octanol–water partition coefficient (Wildman–Crippen LogP) is 4.02. The van der Waals surface area contributed by atoms with E-state index in [2.05, 4.69) is 25.1 Å². The zero-order valence-corrected chi connectivity index (χ0v) is 17.9. The second-order valence-electron chi connectivity index (χ2n) is 8.42. The van der Waals surface area contributed by atoms with Gasteiger partial charge in [0.1, 0.15) is 0 Å². The van der Waals surface area contributed by atoms with Crippen molar-refractivity contribution in [2.45, 2.75) is 44.8 Å². The van der Waals surface area contributed by atoms with Gasteiger partial charge < -0.3 is 15.1 Å². The van der Waals surface area contributed by atoms with Crippen molar-refractivity contribution in [1.29, 1.82) is 0 Å². The molecule has 0 spiro atoms. The summed E-state index contributed by atoms with van der Waals surface area (Å²) in [6.07, 6.45) is 4.12. The molecule has 1 N–H and O–H groups in total. The number of nitrogens with one attached hydrogen (secondary N) is 1. The second kappa shape index (κ2) is 9.75. The molecular formula is C23H28F3N5O. The van der Waals surface area contributed by atoms with Crippen LogP contribution in [0.2, 0.25) is 0 Å². The van der Waals surface area contributed by atoms with Crippen LogP contribution in [0.15, 0.2) is 36.7 Å². The summed E-state index contributed by atoms with van der Waals surface area (Å²) in [5.41, 5.74) is 0.309. The van der Waals surface area contributed by atoms with Gasteiger partial charge in [-0.2, -0.15) is 13.2 Å². The van der Waals surface area contributed by atoms with E-state index in [0.717, 1.165) is 30.8 Å². The van der Waals surface area contributed by atoms with Crippen LogP contribution in [-0.4, -0.2) is 42.1 Å². The average Bonchev–Trinajstić information content (AvgIpc) is 2.83. The highest BCUT2D eigenvalue weighted by molar-refractivity contribution is 5.79. The highest BCUT2D eigenvalue weighted by atomic mass is 19.4. The van der Waals surface area contributed by atoms with Crippen molar-refractivity contribution in [3.63, 3.8) is 0 Å². The number of benzene rings is 1. The molecule has 2 aliphatic heterocycles. The monoisotopic (exact) mass is 447 g/mol. The Balaban J connectivity index is 1.28.